The molecule has 2 rings (SSSR count). The molecule has 1 aromatic heterocycles. The van der Waals surface area contributed by atoms with Crippen LogP contribution in [-0.2, 0) is 4.79 Å². The molecular formula is C16H22N4O3. The van der Waals surface area contributed by atoms with Gasteiger partial charge >= 0.3 is 6.01 Å². The fraction of sp³-hybridized carbons (Fsp3) is 0.438. The van der Waals surface area contributed by atoms with Gasteiger partial charge in [-0.2, -0.15) is 0 Å². The number of carbonyl (C=O) groups is 1. The fourth-order valence-corrected chi connectivity index (χ4v) is 2.30. The first kappa shape index (κ1) is 17.0. The molecule has 0 radical (unpaired) electrons. The van der Waals surface area contributed by atoms with Crippen molar-refractivity contribution in [3.05, 3.63) is 36.2 Å². The van der Waals surface area contributed by atoms with E-state index >= 15 is 0 Å². The molecule has 0 spiro atoms. The average Bonchev–Trinajstić information content (AvgIpc) is 3.03. The summed E-state index contributed by atoms with van der Waals surface area (Å²) in [4.78, 5) is 10.6. The van der Waals surface area contributed by atoms with Crippen molar-refractivity contribution in [1.29, 1.82) is 0 Å². The molecule has 0 saturated carbocycles. The first-order chi connectivity index (χ1) is 11.2. The number of aromatic nitrogens is 2. The number of para-hydroxylation sites is 1. The largest absolute Gasteiger partial charge is 0.408 e. The zero-order valence-corrected chi connectivity index (χ0v) is 13.2. The molecule has 1 aromatic carbocycles. The lowest BCUT2D eigenvalue weighted by atomic mass is 10.0. The lowest BCUT2D eigenvalue weighted by Gasteiger charge is -2.16. The van der Waals surface area contributed by atoms with Crippen molar-refractivity contribution >= 4 is 18.1 Å². The Morgan fingerprint density at radius 1 is 1.30 bits per heavy atom. The number of hydroxylamine groups is 2. The minimum absolute atomic E-state index is 0.139. The standard InChI is InChI=1S/C16H22N4O3/c1-2-3-5-8-13(11-20(22)12-21)15-18-19-16(23-15)17-14-9-6-4-7-10-14/h4,6-7,9-10,12-13,22H,2-3,5,8,11H2,1H3,(H,17,19)/t13-/m0/s1. The maximum absolute atomic E-state index is 10.6. The molecule has 1 heterocycles. The zero-order valence-electron chi connectivity index (χ0n) is 13.2. The maximum Gasteiger partial charge on any atom is 0.320 e. The number of anilines is 2. The van der Waals surface area contributed by atoms with Crippen LogP contribution < -0.4 is 5.32 Å². The Kier molecular flexibility index (Phi) is 6.56. The number of benzene rings is 1. The van der Waals surface area contributed by atoms with Crippen molar-refractivity contribution in [2.24, 2.45) is 0 Å². The number of unbranched alkanes of at least 4 members (excludes halogenated alkanes) is 2. The molecule has 7 nitrogen and oxygen atoms in total. The summed E-state index contributed by atoms with van der Waals surface area (Å²) in [6.45, 7) is 2.26. The van der Waals surface area contributed by atoms with Gasteiger partial charge in [0.1, 0.15) is 0 Å². The lowest BCUT2D eigenvalue weighted by Crippen LogP contribution is -2.24. The highest BCUT2D eigenvalue weighted by Crippen LogP contribution is 2.24. The Morgan fingerprint density at radius 3 is 2.78 bits per heavy atom. The summed E-state index contributed by atoms with van der Waals surface area (Å²) in [6, 6.07) is 9.81. The second kappa shape index (κ2) is 8.89. The third-order valence-electron chi connectivity index (χ3n) is 3.50. The number of hydrogen-bond donors (Lipinski definition) is 2. The first-order valence-electron chi connectivity index (χ1n) is 7.79. The van der Waals surface area contributed by atoms with Crippen LogP contribution in [0.1, 0.15) is 44.4 Å². The molecule has 0 fully saturated rings. The van der Waals surface area contributed by atoms with Crippen molar-refractivity contribution in [2.45, 2.75) is 38.5 Å². The van der Waals surface area contributed by atoms with E-state index in [4.69, 9.17) is 4.42 Å². The number of amides is 1. The van der Waals surface area contributed by atoms with E-state index in [-0.39, 0.29) is 12.5 Å². The molecule has 0 bridgehead atoms. The van der Waals surface area contributed by atoms with Crippen LogP contribution >= 0.6 is 0 Å². The number of nitrogens with zero attached hydrogens (tertiary/aromatic N) is 3. The van der Waals surface area contributed by atoms with Gasteiger partial charge in [0.05, 0.1) is 12.5 Å². The van der Waals surface area contributed by atoms with E-state index in [2.05, 4.69) is 22.4 Å². The van der Waals surface area contributed by atoms with Gasteiger partial charge in [0.15, 0.2) is 0 Å². The molecular weight excluding hydrogens is 296 g/mol. The monoisotopic (exact) mass is 318 g/mol. The molecule has 124 valence electrons. The highest BCUT2D eigenvalue weighted by Gasteiger charge is 2.21. The summed E-state index contributed by atoms with van der Waals surface area (Å²) in [7, 11) is 0. The molecule has 2 aromatic rings. The summed E-state index contributed by atoms with van der Waals surface area (Å²) in [6.07, 6.45) is 4.29. The zero-order chi connectivity index (χ0) is 16.5. The van der Waals surface area contributed by atoms with Crippen molar-refractivity contribution in [1.82, 2.24) is 15.3 Å². The molecule has 0 unspecified atom stereocenters. The van der Waals surface area contributed by atoms with Gasteiger partial charge in [-0.25, -0.2) is 5.06 Å². The normalized spacial score (nSPS) is 11.9. The minimum atomic E-state index is -0.185. The molecule has 0 saturated heterocycles. The van der Waals surface area contributed by atoms with Crippen LogP contribution in [0.15, 0.2) is 34.7 Å². The van der Waals surface area contributed by atoms with Gasteiger partial charge in [-0.3, -0.25) is 10.0 Å². The Bertz CT molecular complexity index is 588. The topological polar surface area (TPSA) is 91.5 Å². The summed E-state index contributed by atoms with van der Waals surface area (Å²) in [5.74, 6) is 0.232. The lowest BCUT2D eigenvalue weighted by molar-refractivity contribution is -0.151. The van der Waals surface area contributed by atoms with Crippen LogP contribution in [0.5, 0.6) is 0 Å². The van der Waals surface area contributed by atoms with Crippen LogP contribution in [0.25, 0.3) is 0 Å². The SMILES string of the molecule is CCCCC[C@@H](CN(O)C=O)c1nnc(Nc2ccccc2)o1. The fourth-order valence-electron chi connectivity index (χ4n) is 2.30. The highest BCUT2D eigenvalue weighted by molar-refractivity contribution is 5.51. The van der Waals surface area contributed by atoms with Crippen molar-refractivity contribution in [2.75, 3.05) is 11.9 Å². The summed E-state index contributed by atoms with van der Waals surface area (Å²) in [5.41, 5.74) is 0.849. The van der Waals surface area contributed by atoms with Gasteiger partial charge in [-0.05, 0) is 18.6 Å². The third kappa shape index (κ3) is 5.37. The van der Waals surface area contributed by atoms with E-state index in [0.717, 1.165) is 31.4 Å². The van der Waals surface area contributed by atoms with E-state index in [0.29, 0.717) is 23.4 Å². The van der Waals surface area contributed by atoms with Gasteiger partial charge in [-0.15, -0.1) is 5.10 Å². The second-order valence-corrected chi connectivity index (χ2v) is 5.36. The number of carbonyl (C=O) groups excluding carboxylic acids is 1. The quantitative estimate of drug-likeness (QED) is 0.302. The molecule has 0 aliphatic rings. The Morgan fingerprint density at radius 2 is 2.09 bits per heavy atom. The molecule has 1 amide bonds. The minimum Gasteiger partial charge on any atom is -0.408 e. The molecule has 0 aliphatic heterocycles. The first-order valence-corrected chi connectivity index (χ1v) is 7.79. The van der Waals surface area contributed by atoms with Crippen LogP contribution in [-0.4, -0.2) is 33.4 Å². The van der Waals surface area contributed by atoms with Crippen molar-refractivity contribution in [3.63, 3.8) is 0 Å². The van der Waals surface area contributed by atoms with Crippen LogP contribution in [0, 0.1) is 0 Å². The molecule has 1 atom stereocenters. The molecule has 23 heavy (non-hydrogen) atoms. The number of hydrogen-bond acceptors (Lipinski definition) is 6. The summed E-state index contributed by atoms with van der Waals surface area (Å²) >= 11 is 0. The van der Waals surface area contributed by atoms with Gasteiger partial charge in [0, 0.05) is 5.69 Å². The summed E-state index contributed by atoms with van der Waals surface area (Å²) in [5, 5.41) is 21.1. The highest BCUT2D eigenvalue weighted by atomic mass is 16.5. The Labute approximate surface area is 135 Å². The third-order valence-corrected chi connectivity index (χ3v) is 3.50. The van der Waals surface area contributed by atoms with Crippen LogP contribution in [0.4, 0.5) is 11.7 Å². The van der Waals surface area contributed by atoms with E-state index in [1.807, 2.05) is 30.3 Å². The van der Waals surface area contributed by atoms with Crippen LogP contribution in [0.3, 0.4) is 0 Å². The van der Waals surface area contributed by atoms with Crippen LogP contribution in [0.2, 0.25) is 0 Å². The smallest absolute Gasteiger partial charge is 0.320 e. The van der Waals surface area contributed by atoms with E-state index in [1.165, 1.54) is 0 Å². The van der Waals surface area contributed by atoms with Crippen molar-refractivity contribution < 1.29 is 14.4 Å². The van der Waals surface area contributed by atoms with Gasteiger partial charge in [0.25, 0.3) is 0 Å². The van der Waals surface area contributed by atoms with Crippen molar-refractivity contribution in [3.8, 4) is 0 Å². The van der Waals surface area contributed by atoms with E-state index in [9.17, 15) is 10.0 Å². The second-order valence-electron chi connectivity index (χ2n) is 5.36. The summed E-state index contributed by atoms with van der Waals surface area (Å²) < 4.78 is 5.64. The number of rotatable bonds is 10. The average molecular weight is 318 g/mol. The van der Waals surface area contributed by atoms with Gasteiger partial charge in [-0.1, -0.05) is 49.5 Å². The van der Waals surface area contributed by atoms with Gasteiger partial charge < -0.3 is 9.73 Å². The van der Waals surface area contributed by atoms with E-state index in [1.54, 1.807) is 0 Å². The van der Waals surface area contributed by atoms with E-state index < -0.39 is 0 Å². The molecule has 0 aliphatic carbocycles. The van der Waals surface area contributed by atoms with Gasteiger partial charge in [0.2, 0.25) is 12.3 Å². The number of nitrogens with one attached hydrogen (secondary N) is 1. The predicted octanol–water partition coefficient (Wildman–Crippen LogP) is 3.32. The Balaban J connectivity index is 2.04. The molecule has 7 heteroatoms. The Hall–Kier alpha value is -2.41. The predicted molar refractivity (Wildman–Crippen MR) is 85.5 cm³/mol. The molecule has 2 N–H and O–H groups in total. The maximum atomic E-state index is 10.6.